The summed E-state index contributed by atoms with van der Waals surface area (Å²) in [7, 11) is 0. The number of anilines is 1. The minimum Gasteiger partial charge on any atom is -0.375 e. The van der Waals surface area contributed by atoms with Gasteiger partial charge < -0.3 is 14.6 Å². The Labute approximate surface area is 114 Å². The fourth-order valence-corrected chi connectivity index (χ4v) is 3.22. The minimum absolute atomic E-state index is 0.122. The van der Waals surface area contributed by atoms with Gasteiger partial charge in [-0.1, -0.05) is 31.8 Å². The smallest absolute Gasteiger partial charge is 0.321 e. The molecule has 1 aliphatic heterocycles. The lowest BCUT2D eigenvalue weighted by atomic mass is 9.89. The van der Waals surface area contributed by atoms with Crippen LogP contribution in [0.3, 0.4) is 0 Å². The Morgan fingerprint density at radius 3 is 2.79 bits per heavy atom. The summed E-state index contributed by atoms with van der Waals surface area (Å²) < 4.78 is 11.3. The van der Waals surface area contributed by atoms with Crippen LogP contribution in [0.2, 0.25) is 0 Å². The number of nitrogens with zero attached hydrogens (tertiary/aromatic N) is 2. The molecule has 106 valence electrons. The summed E-state index contributed by atoms with van der Waals surface area (Å²) in [4.78, 5) is 4.39. The van der Waals surface area contributed by atoms with Gasteiger partial charge in [-0.25, -0.2) is 0 Å². The lowest BCUT2D eigenvalue weighted by Crippen LogP contribution is -2.42. The topological polar surface area (TPSA) is 60.2 Å². The van der Waals surface area contributed by atoms with Crippen LogP contribution >= 0.6 is 0 Å². The van der Waals surface area contributed by atoms with E-state index in [1.165, 1.54) is 25.7 Å². The standard InChI is InChI=1S/C14H23N3O2/c1-10(2)12-16-13(19-17-12)15-11-5-8-18-14(9-11)6-3-4-7-14/h10-11H,3-9H2,1-2H3,(H,15,16,17)/t11-/m0/s1. The molecule has 0 bridgehead atoms. The van der Waals surface area contributed by atoms with Crippen LogP contribution < -0.4 is 5.32 Å². The maximum atomic E-state index is 6.03. The van der Waals surface area contributed by atoms with E-state index in [-0.39, 0.29) is 5.60 Å². The van der Waals surface area contributed by atoms with Crippen LogP contribution in [-0.4, -0.2) is 28.4 Å². The van der Waals surface area contributed by atoms with Gasteiger partial charge in [-0.3, -0.25) is 0 Å². The first-order valence-corrected chi connectivity index (χ1v) is 7.41. The summed E-state index contributed by atoms with van der Waals surface area (Å²) in [6, 6.07) is 0.955. The van der Waals surface area contributed by atoms with Crippen LogP contribution in [0.25, 0.3) is 0 Å². The predicted molar refractivity (Wildman–Crippen MR) is 72.2 cm³/mol. The van der Waals surface area contributed by atoms with Crippen molar-refractivity contribution in [2.75, 3.05) is 11.9 Å². The lowest BCUT2D eigenvalue weighted by Gasteiger charge is -2.38. The molecule has 19 heavy (non-hydrogen) atoms. The van der Waals surface area contributed by atoms with Gasteiger partial charge in [0.1, 0.15) is 0 Å². The molecule has 0 amide bonds. The Bertz CT molecular complexity index is 424. The first-order chi connectivity index (χ1) is 9.17. The van der Waals surface area contributed by atoms with E-state index in [9.17, 15) is 0 Å². The third-order valence-corrected chi connectivity index (χ3v) is 4.29. The second kappa shape index (κ2) is 5.12. The average molecular weight is 265 g/mol. The summed E-state index contributed by atoms with van der Waals surface area (Å²) in [5.74, 6) is 1.07. The largest absolute Gasteiger partial charge is 0.375 e. The molecular weight excluding hydrogens is 242 g/mol. The van der Waals surface area contributed by atoms with Crippen molar-refractivity contribution in [3.8, 4) is 0 Å². The Hall–Kier alpha value is -1.10. The van der Waals surface area contributed by atoms with Gasteiger partial charge in [0.25, 0.3) is 0 Å². The molecule has 1 aromatic heterocycles. The third-order valence-electron chi connectivity index (χ3n) is 4.29. The summed E-state index contributed by atoms with van der Waals surface area (Å²) >= 11 is 0. The average Bonchev–Trinajstić information content (AvgIpc) is 3.00. The van der Waals surface area contributed by atoms with E-state index in [0.29, 0.717) is 18.0 Å². The molecule has 1 N–H and O–H groups in total. The molecule has 1 aromatic rings. The van der Waals surface area contributed by atoms with Crippen molar-refractivity contribution in [1.29, 1.82) is 0 Å². The molecule has 2 fully saturated rings. The molecule has 5 heteroatoms. The summed E-state index contributed by atoms with van der Waals surface area (Å²) in [5, 5.41) is 7.38. The van der Waals surface area contributed by atoms with Gasteiger partial charge >= 0.3 is 6.01 Å². The van der Waals surface area contributed by atoms with E-state index in [4.69, 9.17) is 9.26 Å². The number of hydrogen-bond donors (Lipinski definition) is 1. The van der Waals surface area contributed by atoms with Crippen LogP contribution in [0.5, 0.6) is 0 Å². The highest BCUT2D eigenvalue weighted by Crippen LogP contribution is 2.40. The van der Waals surface area contributed by atoms with Crippen molar-refractivity contribution < 1.29 is 9.26 Å². The molecule has 1 atom stereocenters. The van der Waals surface area contributed by atoms with Crippen molar-refractivity contribution in [3.05, 3.63) is 5.82 Å². The third kappa shape index (κ3) is 2.76. The van der Waals surface area contributed by atoms with Gasteiger partial charge in [0.15, 0.2) is 5.82 Å². The SMILES string of the molecule is CC(C)c1noc(N[C@H]2CCOC3(CCCC3)C2)n1. The van der Waals surface area contributed by atoms with Crippen molar-refractivity contribution >= 4 is 6.01 Å². The molecule has 0 unspecified atom stereocenters. The Morgan fingerprint density at radius 2 is 2.11 bits per heavy atom. The van der Waals surface area contributed by atoms with Crippen LogP contribution in [-0.2, 0) is 4.74 Å². The second-order valence-corrected chi connectivity index (χ2v) is 6.19. The van der Waals surface area contributed by atoms with E-state index in [1.54, 1.807) is 0 Å². The van der Waals surface area contributed by atoms with Crippen molar-refractivity contribution in [2.45, 2.75) is 69.9 Å². The molecule has 1 spiro atoms. The van der Waals surface area contributed by atoms with Crippen molar-refractivity contribution in [2.24, 2.45) is 0 Å². The highest BCUT2D eigenvalue weighted by atomic mass is 16.5. The van der Waals surface area contributed by atoms with Crippen molar-refractivity contribution in [1.82, 2.24) is 10.1 Å². The molecule has 0 radical (unpaired) electrons. The number of ether oxygens (including phenoxy) is 1. The molecule has 2 aliphatic rings. The molecular formula is C14H23N3O2. The number of aromatic nitrogens is 2. The first-order valence-electron chi connectivity index (χ1n) is 7.41. The van der Waals surface area contributed by atoms with Crippen molar-refractivity contribution in [3.63, 3.8) is 0 Å². The maximum absolute atomic E-state index is 6.03. The molecule has 5 nitrogen and oxygen atoms in total. The van der Waals surface area contributed by atoms with E-state index in [1.807, 2.05) is 0 Å². The minimum atomic E-state index is 0.122. The van der Waals surface area contributed by atoms with Gasteiger partial charge in [0.2, 0.25) is 0 Å². The molecule has 2 heterocycles. The quantitative estimate of drug-likeness (QED) is 0.910. The van der Waals surface area contributed by atoms with Gasteiger partial charge in [-0.15, -0.1) is 0 Å². The fraction of sp³-hybridized carbons (Fsp3) is 0.857. The Morgan fingerprint density at radius 1 is 1.32 bits per heavy atom. The number of nitrogens with one attached hydrogen (secondary N) is 1. The van der Waals surface area contributed by atoms with E-state index in [2.05, 4.69) is 29.3 Å². The first kappa shape index (κ1) is 12.9. The highest BCUT2D eigenvalue weighted by Gasteiger charge is 2.40. The van der Waals surface area contributed by atoms with Gasteiger partial charge in [-0.05, 0) is 25.7 Å². The lowest BCUT2D eigenvalue weighted by molar-refractivity contribution is -0.0769. The zero-order chi connectivity index (χ0) is 13.3. The molecule has 1 aliphatic carbocycles. The summed E-state index contributed by atoms with van der Waals surface area (Å²) in [5.41, 5.74) is 0.122. The van der Waals surface area contributed by atoms with Gasteiger partial charge in [-0.2, -0.15) is 4.98 Å². The van der Waals surface area contributed by atoms with E-state index in [0.717, 1.165) is 25.3 Å². The number of hydrogen-bond acceptors (Lipinski definition) is 5. The zero-order valence-corrected chi connectivity index (χ0v) is 11.8. The summed E-state index contributed by atoms with van der Waals surface area (Å²) in [6.07, 6.45) is 7.07. The highest BCUT2D eigenvalue weighted by molar-refractivity contribution is 5.22. The van der Waals surface area contributed by atoms with E-state index >= 15 is 0 Å². The molecule has 1 saturated carbocycles. The van der Waals surface area contributed by atoms with Gasteiger partial charge in [0.05, 0.1) is 5.60 Å². The summed E-state index contributed by atoms with van der Waals surface area (Å²) in [6.45, 7) is 4.97. The van der Waals surface area contributed by atoms with Crippen LogP contribution in [0.1, 0.15) is 64.1 Å². The predicted octanol–water partition coefficient (Wildman–Crippen LogP) is 3.10. The van der Waals surface area contributed by atoms with Crippen LogP contribution in [0.4, 0.5) is 6.01 Å². The monoisotopic (exact) mass is 265 g/mol. The van der Waals surface area contributed by atoms with Crippen LogP contribution in [0.15, 0.2) is 4.52 Å². The maximum Gasteiger partial charge on any atom is 0.321 e. The number of rotatable bonds is 3. The molecule has 0 aromatic carbocycles. The molecule has 3 rings (SSSR count). The van der Waals surface area contributed by atoms with Gasteiger partial charge in [0, 0.05) is 18.6 Å². The molecule has 1 saturated heterocycles. The normalized spacial score (nSPS) is 26.2. The Balaban J connectivity index is 1.62. The van der Waals surface area contributed by atoms with Crippen LogP contribution in [0, 0.1) is 0 Å². The van der Waals surface area contributed by atoms with E-state index < -0.39 is 0 Å². The second-order valence-electron chi connectivity index (χ2n) is 6.19. The fourth-order valence-electron chi connectivity index (χ4n) is 3.22. The zero-order valence-electron chi connectivity index (χ0n) is 11.8. The Kier molecular flexibility index (Phi) is 3.48.